The maximum atomic E-state index is 12.5. The summed E-state index contributed by atoms with van der Waals surface area (Å²) < 4.78 is 5.44. The monoisotopic (exact) mass is 312 g/mol. The molecule has 0 fully saturated rings. The standard InChI is InChI=1S/C19H24N2O2/c1-3-14-20-19(22)18(15-8-6-5-7-9-15)21-16-10-12-17(13-11-16)23-4-2/h5-13,18,21H,3-4,14H2,1-2H3,(H,20,22)/t18-/m0/s1. The lowest BCUT2D eigenvalue weighted by atomic mass is 10.1. The lowest BCUT2D eigenvalue weighted by Gasteiger charge is -2.20. The van der Waals surface area contributed by atoms with E-state index in [1.165, 1.54) is 0 Å². The van der Waals surface area contributed by atoms with Gasteiger partial charge in [0, 0.05) is 12.2 Å². The van der Waals surface area contributed by atoms with Crippen LogP contribution in [0.5, 0.6) is 5.75 Å². The first kappa shape index (κ1) is 16.9. The fourth-order valence-electron chi connectivity index (χ4n) is 2.28. The predicted octanol–water partition coefficient (Wildman–Crippen LogP) is 3.76. The molecule has 2 rings (SSSR count). The van der Waals surface area contributed by atoms with Crippen LogP contribution in [0.4, 0.5) is 5.69 Å². The van der Waals surface area contributed by atoms with Gasteiger partial charge in [0.15, 0.2) is 0 Å². The van der Waals surface area contributed by atoms with Gasteiger partial charge in [-0.15, -0.1) is 0 Å². The van der Waals surface area contributed by atoms with Crippen LogP contribution < -0.4 is 15.4 Å². The van der Waals surface area contributed by atoms with Crippen LogP contribution in [0.3, 0.4) is 0 Å². The van der Waals surface area contributed by atoms with Crippen molar-refractivity contribution in [2.24, 2.45) is 0 Å². The van der Waals surface area contributed by atoms with E-state index in [0.717, 1.165) is 23.4 Å². The molecule has 1 atom stereocenters. The van der Waals surface area contributed by atoms with Crippen molar-refractivity contribution in [2.45, 2.75) is 26.3 Å². The first-order chi connectivity index (χ1) is 11.2. The Morgan fingerprint density at radius 3 is 2.35 bits per heavy atom. The zero-order chi connectivity index (χ0) is 16.5. The molecule has 2 aromatic rings. The number of nitrogens with one attached hydrogen (secondary N) is 2. The number of carbonyl (C=O) groups excluding carboxylic acids is 1. The quantitative estimate of drug-likeness (QED) is 0.780. The van der Waals surface area contributed by atoms with E-state index >= 15 is 0 Å². The molecule has 2 N–H and O–H groups in total. The first-order valence-electron chi connectivity index (χ1n) is 8.06. The van der Waals surface area contributed by atoms with Crippen molar-refractivity contribution in [1.82, 2.24) is 5.32 Å². The van der Waals surface area contributed by atoms with Crippen molar-refractivity contribution >= 4 is 11.6 Å². The molecular weight excluding hydrogens is 288 g/mol. The minimum Gasteiger partial charge on any atom is -0.494 e. The molecule has 0 heterocycles. The van der Waals surface area contributed by atoms with Gasteiger partial charge in [0.1, 0.15) is 11.8 Å². The summed E-state index contributed by atoms with van der Waals surface area (Å²) in [5.41, 5.74) is 1.82. The molecule has 0 aliphatic heterocycles. The van der Waals surface area contributed by atoms with Crippen molar-refractivity contribution in [3.8, 4) is 5.75 Å². The van der Waals surface area contributed by atoms with E-state index in [9.17, 15) is 4.79 Å². The summed E-state index contributed by atoms with van der Waals surface area (Å²) in [7, 11) is 0. The van der Waals surface area contributed by atoms with Crippen LogP contribution in [0, 0.1) is 0 Å². The zero-order valence-corrected chi connectivity index (χ0v) is 13.7. The normalized spacial score (nSPS) is 11.6. The van der Waals surface area contributed by atoms with Crippen LogP contribution in [-0.2, 0) is 4.79 Å². The van der Waals surface area contributed by atoms with Crippen LogP contribution in [0.25, 0.3) is 0 Å². The number of rotatable bonds is 8. The van der Waals surface area contributed by atoms with Crippen LogP contribution >= 0.6 is 0 Å². The molecule has 1 amide bonds. The van der Waals surface area contributed by atoms with Crippen LogP contribution in [-0.4, -0.2) is 19.1 Å². The van der Waals surface area contributed by atoms with Crippen LogP contribution in [0.1, 0.15) is 31.9 Å². The summed E-state index contributed by atoms with van der Waals surface area (Å²) in [6, 6.07) is 17.0. The first-order valence-corrected chi connectivity index (χ1v) is 8.06. The molecule has 0 aliphatic carbocycles. The number of hydrogen-bond donors (Lipinski definition) is 2. The number of carbonyl (C=O) groups is 1. The highest BCUT2D eigenvalue weighted by Gasteiger charge is 2.19. The molecule has 0 bridgehead atoms. The molecule has 0 radical (unpaired) electrons. The second-order valence-corrected chi connectivity index (χ2v) is 5.24. The third kappa shape index (κ3) is 5.02. The Hall–Kier alpha value is -2.49. The Morgan fingerprint density at radius 2 is 1.74 bits per heavy atom. The molecule has 0 saturated heterocycles. The van der Waals surface area contributed by atoms with E-state index < -0.39 is 6.04 Å². The summed E-state index contributed by atoms with van der Waals surface area (Å²) >= 11 is 0. The van der Waals surface area contributed by atoms with E-state index in [1.54, 1.807) is 0 Å². The van der Waals surface area contributed by atoms with Crippen molar-refractivity contribution < 1.29 is 9.53 Å². The molecule has 0 unspecified atom stereocenters. The fraction of sp³-hybridized carbons (Fsp3) is 0.316. The number of benzene rings is 2. The molecule has 0 aromatic heterocycles. The SMILES string of the molecule is CCCNC(=O)[C@@H](Nc1ccc(OCC)cc1)c1ccccc1. The third-order valence-electron chi connectivity index (χ3n) is 3.42. The van der Waals surface area contributed by atoms with Gasteiger partial charge in [-0.3, -0.25) is 4.79 Å². The third-order valence-corrected chi connectivity index (χ3v) is 3.42. The highest BCUT2D eigenvalue weighted by atomic mass is 16.5. The van der Waals surface area contributed by atoms with E-state index in [1.807, 2.05) is 68.4 Å². The van der Waals surface area contributed by atoms with Crippen LogP contribution in [0.15, 0.2) is 54.6 Å². The Morgan fingerprint density at radius 1 is 1.04 bits per heavy atom. The maximum Gasteiger partial charge on any atom is 0.247 e. The highest BCUT2D eigenvalue weighted by Crippen LogP contribution is 2.22. The van der Waals surface area contributed by atoms with Gasteiger partial charge in [0.05, 0.1) is 6.61 Å². The molecule has 4 heteroatoms. The number of amides is 1. The smallest absolute Gasteiger partial charge is 0.247 e. The Labute approximate surface area is 137 Å². The highest BCUT2D eigenvalue weighted by molar-refractivity contribution is 5.86. The fourth-order valence-corrected chi connectivity index (χ4v) is 2.28. The second-order valence-electron chi connectivity index (χ2n) is 5.24. The Kier molecular flexibility index (Phi) is 6.48. The lowest BCUT2D eigenvalue weighted by Crippen LogP contribution is -2.33. The topological polar surface area (TPSA) is 50.4 Å². The molecule has 0 saturated carbocycles. The van der Waals surface area contributed by atoms with Crippen molar-refractivity contribution in [2.75, 3.05) is 18.5 Å². The van der Waals surface area contributed by atoms with Gasteiger partial charge in [-0.25, -0.2) is 0 Å². The Bertz CT molecular complexity index is 597. The van der Waals surface area contributed by atoms with Gasteiger partial charge >= 0.3 is 0 Å². The van der Waals surface area contributed by atoms with Gasteiger partial charge in [-0.05, 0) is 43.2 Å². The molecule has 0 spiro atoms. The molecule has 0 aliphatic rings. The zero-order valence-electron chi connectivity index (χ0n) is 13.7. The number of hydrogen-bond acceptors (Lipinski definition) is 3. The Balaban J connectivity index is 2.15. The largest absolute Gasteiger partial charge is 0.494 e. The predicted molar refractivity (Wildman–Crippen MR) is 93.7 cm³/mol. The van der Waals surface area contributed by atoms with Gasteiger partial charge in [0.25, 0.3) is 0 Å². The summed E-state index contributed by atoms with van der Waals surface area (Å²) in [5, 5.41) is 6.26. The molecule has 122 valence electrons. The molecular formula is C19H24N2O2. The summed E-state index contributed by atoms with van der Waals surface area (Å²) in [5.74, 6) is 0.802. The number of anilines is 1. The van der Waals surface area contributed by atoms with Crippen LogP contribution in [0.2, 0.25) is 0 Å². The van der Waals surface area contributed by atoms with Crippen molar-refractivity contribution in [1.29, 1.82) is 0 Å². The van der Waals surface area contributed by atoms with Crippen molar-refractivity contribution in [3.05, 3.63) is 60.2 Å². The maximum absolute atomic E-state index is 12.5. The van der Waals surface area contributed by atoms with E-state index in [0.29, 0.717) is 13.2 Å². The lowest BCUT2D eigenvalue weighted by molar-refractivity contribution is -0.121. The molecule has 2 aromatic carbocycles. The summed E-state index contributed by atoms with van der Waals surface area (Å²) in [6.07, 6.45) is 0.913. The van der Waals surface area contributed by atoms with Gasteiger partial charge in [-0.2, -0.15) is 0 Å². The minimum atomic E-state index is -0.416. The van der Waals surface area contributed by atoms with Crippen molar-refractivity contribution in [3.63, 3.8) is 0 Å². The summed E-state index contributed by atoms with van der Waals surface area (Å²) in [4.78, 5) is 12.5. The van der Waals surface area contributed by atoms with E-state index in [-0.39, 0.29) is 5.91 Å². The molecule has 4 nitrogen and oxygen atoms in total. The minimum absolute atomic E-state index is 0.0214. The van der Waals surface area contributed by atoms with Gasteiger partial charge in [0.2, 0.25) is 5.91 Å². The second kappa shape index (κ2) is 8.83. The average molecular weight is 312 g/mol. The number of ether oxygens (including phenoxy) is 1. The van der Waals surface area contributed by atoms with Gasteiger partial charge < -0.3 is 15.4 Å². The van der Waals surface area contributed by atoms with E-state index in [2.05, 4.69) is 10.6 Å². The molecule has 23 heavy (non-hydrogen) atoms. The van der Waals surface area contributed by atoms with E-state index in [4.69, 9.17) is 4.74 Å². The summed E-state index contributed by atoms with van der Waals surface area (Å²) in [6.45, 7) is 5.30. The average Bonchev–Trinajstić information content (AvgIpc) is 2.60. The van der Waals surface area contributed by atoms with Gasteiger partial charge in [-0.1, -0.05) is 37.3 Å².